The number of nitrogens with zero attached hydrogens (tertiary/aromatic N) is 4. The van der Waals surface area contributed by atoms with Crippen molar-refractivity contribution in [3.8, 4) is 11.1 Å². The standard InChI is InChI=1S/C26H27F2N5O2/c27-20-7-8-21(28)22(11-20)31-26(35)32-9-1-2-10-33-23(14-32)25(24(33)15-34)18-5-3-17(4-6-18)19-12-29-16-30-13-19/h3-8,11-13,16,23-25,34H,1-2,9-10,14-15H2,(H,31,35)/t23-,24+,25-/m1/s1. The molecule has 0 unspecified atom stereocenters. The van der Waals surface area contributed by atoms with E-state index in [1.54, 1.807) is 17.3 Å². The average molecular weight is 480 g/mol. The van der Waals surface area contributed by atoms with Crippen LogP contribution in [0, 0.1) is 11.6 Å². The Hall–Kier alpha value is -3.43. The normalized spacial score (nSPS) is 22.5. The van der Waals surface area contributed by atoms with E-state index in [4.69, 9.17) is 0 Å². The summed E-state index contributed by atoms with van der Waals surface area (Å²) in [4.78, 5) is 25.1. The van der Waals surface area contributed by atoms with Gasteiger partial charge in [-0.25, -0.2) is 23.5 Å². The Morgan fingerprint density at radius 2 is 1.77 bits per heavy atom. The van der Waals surface area contributed by atoms with Crippen LogP contribution in [0.15, 0.2) is 61.2 Å². The van der Waals surface area contributed by atoms with Gasteiger partial charge in [0.05, 0.1) is 12.3 Å². The number of amides is 2. The summed E-state index contributed by atoms with van der Waals surface area (Å²) in [6, 6.07) is 10.7. The molecule has 2 amide bonds. The second-order valence-electron chi connectivity index (χ2n) is 9.04. The van der Waals surface area contributed by atoms with Crippen molar-refractivity contribution in [2.24, 2.45) is 0 Å². The number of aliphatic hydroxyl groups excluding tert-OH is 1. The summed E-state index contributed by atoms with van der Waals surface area (Å²) in [5.74, 6) is -1.25. The maximum absolute atomic E-state index is 14.1. The van der Waals surface area contributed by atoms with Gasteiger partial charge in [0.1, 0.15) is 18.0 Å². The maximum Gasteiger partial charge on any atom is 0.321 e. The van der Waals surface area contributed by atoms with Crippen molar-refractivity contribution in [2.45, 2.75) is 30.8 Å². The first-order valence-corrected chi connectivity index (χ1v) is 11.8. The number of halogens is 2. The zero-order valence-electron chi connectivity index (χ0n) is 19.1. The second kappa shape index (κ2) is 10.1. The Morgan fingerprint density at radius 3 is 2.51 bits per heavy atom. The molecule has 0 saturated carbocycles. The molecule has 0 aliphatic carbocycles. The number of fused-ring (bicyclic) bond motifs is 1. The van der Waals surface area contributed by atoms with E-state index in [1.165, 1.54) is 6.33 Å². The highest BCUT2D eigenvalue weighted by molar-refractivity contribution is 5.89. The lowest BCUT2D eigenvalue weighted by molar-refractivity contribution is -0.0585. The van der Waals surface area contributed by atoms with E-state index in [0.717, 1.165) is 54.3 Å². The first kappa shape index (κ1) is 23.3. The Balaban J connectivity index is 1.35. The third-order valence-corrected chi connectivity index (χ3v) is 7.02. The lowest BCUT2D eigenvalue weighted by Gasteiger charge is -2.57. The first-order chi connectivity index (χ1) is 17.0. The lowest BCUT2D eigenvalue weighted by atomic mass is 9.74. The van der Waals surface area contributed by atoms with E-state index in [9.17, 15) is 18.7 Å². The fraction of sp³-hybridized carbons (Fsp3) is 0.346. The predicted octanol–water partition coefficient (Wildman–Crippen LogP) is 3.88. The Morgan fingerprint density at radius 1 is 1.03 bits per heavy atom. The van der Waals surface area contributed by atoms with Crippen LogP contribution in [0.5, 0.6) is 0 Å². The van der Waals surface area contributed by atoms with Crippen molar-refractivity contribution >= 4 is 11.7 Å². The molecule has 2 aromatic carbocycles. The minimum Gasteiger partial charge on any atom is -0.395 e. The molecule has 0 spiro atoms. The third-order valence-electron chi connectivity index (χ3n) is 7.02. The summed E-state index contributed by atoms with van der Waals surface area (Å²) in [7, 11) is 0. The van der Waals surface area contributed by atoms with Crippen molar-refractivity contribution in [3.05, 3.63) is 78.4 Å². The molecule has 2 N–H and O–H groups in total. The van der Waals surface area contributed by atoms with E-state index < -0.39 is 17.7 Å². The van der Waals surface area contributed by atoms with E-state index in [0.29, 0.717) is 13.1 Å². The van der Waals surface area contributed by atoms with Gasteiger partial charge in [0.2, 0.25) is 0 Å². The predicted molar refractivity (Wildman–Crippen MR) is 128 cm³/mol. The van der Waals surface area contributed by atoms with Crippen LogP contribution in [0.1, 0.15) is 24.3 Å². The van der Waals surface area contributed by atoms with Crippen molar-refractivity contribution in [1.82, 2.24) is 19.8 Å². The number of benzene rings is 2. The van der Waals surface area contributed by atoms with Gasteiger partial charge >= 0.3 is 6.03 Å². The zero-order valence-corrected chi connectivity index (χ0v) is 19.1. The highest BCUT2D eigenvalue weighted by Gasteiger charge is 2.49. The van der Waals surface area contributed by atoms with Gasteiger partial charge in [-0.1, -0.05) is 24.3 Å². The first-order valence-electron chi connectivity index (χ1n) is 11.8. The molecule has 3 atom stereocenters. The van der Waals surface area contributed by atoms with E-state index in [2.05, 4.69) is 32.3 Å². The van der Waals surface area contributed by atoms with Gasteiger partial charge < -0.3 is 15.3 Å². The monoisotopic (exact) mass is 479 g/mol. The number of hydrogen-bond acceptors (Lipinski definition) is 5. The van der Waals surface area contributed by atoms with Gasteiger partial charge in [-0.05, 0) is 42.6 Å². The van der Waals surface area contributed by atoms with Gasteiger partial charge in [-0.3, -0.25) is 4.90 Å². The van der Waals surface area contributed by atoms with Crippen molar-refractivity contribution in [2.75, 3.05) is 31.6 Å². The molecule has 9 heteroatoms. The molecule has 35 heavy (non-hydrogen) atoms. The highest BCUT2D eigenvalue weighted by Crippen LogP contribution is 2.42. The van der Waals surface area contributed by atoms with E-state index in [-0.39, 0.29) is 30.3 Å². The molecular weight excluding hydrogens is 452 g/mol. The summed E-state index contributed by atoms with van der Waals surface area (Å²) < 4.78 is 27.7. The summed E-state index contributed by atoms with van der Waals surface area (Å²) in [5, 5.41) is 12.7. The number of aliphatic hydroxyl groups is 1. The van der Waals surface area contributed by atoms with Crippen LogP contribution in [-0.4, -0.2) is 69.2 Å². The minimum atomic E-state index is -0.681. The fourth-order valence-corrected chi connectivity index (χ4v) is 5.26. The average Bonchev–Trinajstić information content (AvgIpc) is 2.86. The van der Waals surface area contributed by atoms with E-state index >= 15 is 0 Å². The number of anilines is 1. The lowest BCUT2D eigenvalue weighted by Crippen LogP contribution is -2.68. The molecule has 3 heterocycles. The molecule has 2 fully saturated rings. The number of rotatable bonds is 4. The molecule has 1 aromatic heterocycles. The second-order valence-corrected chi connectivity index (χ2v) is 9.04. The van der Waals surface area contributed by atoms with Crippen molar-refractivity contribution in [1.29, 1.82) is 0 Å². The molecule has 0 bridgehead atoms. The van der Waals surface area contributed by atoms with Crippen LogP contribution in [-0.2, 0) is 0 Å². The number of carbonyl (C=O) groups is 1. The number of aromatic nitrogens is 2. The topological polar surface area (TPSA) is 81.6 Å². The molecule has 0 radical (unpaired) electrons. The Kier molecular flexibility index (Phi) is 6.70. The van der Waals surface area contributed by atoms with Crippen molar-refractivity contribution < 1.29 is 18.7 Å². The Bertz CT molecular complexity index is 1180. The number of urea groups is 1. The van der Waals surface area contributed by atoms with Crippen LogP contribution < -0.4 is 5.32 Å². The molecule has 7 nitrogen and oxygen atoms in total. The van der Waals surface area contributed by atoms with Crippen LogP contribution in [0.2, 0.25) is 0 Å². The smallest absolute Gasteiger partial charge is 0.321 e. The summed E-state index contributed by atoms with van der Waals surface area (Å²) in [6.07, 6.45) is 6.68. The van der Waals surface area contributed by atoms with Crippen LogP contribution in [0.3, 0.4) is 0 Å². The molecule has 182 valence electrons. The molecule has 3 aromatic rings. The number of nitrogens with one attached hydrogen (secondary N) is 1. The molecule has 2 aliphatic heterocycles. The number of hydrogen-bond donors (Lipinski definition) is 2. The summed E-state index contributed by atoms with van der Waals surface area (Å²) in [5.41, 5.74) is 2.84. The molecule has 5 rings (SSSR count). The van der Waals surface area contributed by atoms with Crippen LogP contribution >= 0.6 is 0 Å². The van der Waals surface area contributed by atoms with Gasteiger partial charge in [0, 0.05) is 55.1 Å². The quantitative estimate of drug-likeness (QED) is 0.594. The zero-order chi connectivity index (χ0) is 24.4. The minimum absolute atomic E-state index is 0.0152. The molecule has 2 saturated heterocycles. The van der Waals surface area contributed by atoms with Crippen LogP contribution in [0.25, 0.3) is 11.1 Å². The highest BCUT2D eigenvalue weighted by atomic mass is 19.1. The van der Waals surface area contributed by atoms with Gasteiger partial charge in [-0.15, -0.1) is 0 Å². The van der Waals surface area contributed by atoms with Gasteiger partial charge in [-0.2, -0.15) is 0 Å². The van der Waals surface area contributed by atoms with Crippen LogP contribution in [0.4, 0.5) is 19.3 Å². The third kappa shape index (κ3) is 4.74. The number of carbonyl (C=O) groups excluding carboxylic acids is 1. The van der Waals surface area contributed by atoms with Gasteiger partial charge in [0.25, 0.3) is 0 Å². The summed E-state index contributed by atoms with van der Waals surface area (Å²) >= 11 is 0. The fourth-order valence-electron chi connectivity index (χ4n) is 5.26. The molecule has 2 aliphatic rings. The Labute approximate surface area is 202 Å². The summed E-state index contributed by atoms with van der Waals surface area (Å²) in [6.45, 7) is 1.82. The maximum atomic E-state index is 14.1. The van der Waals surface area contributed by atoms with Crippen molar-refractivity contribution in [3.63, 3.8) is 0 Å². The largest absolute Gasteiger partial charge is 0.395 e. The molecular formula is C26H27F2N5O2. The SMILES string of the molecule is O=C(Nc1cc(F)ccc1F)N1CCCCN2[C@H](C1)[C@@H](c1ccc(-c3cncnc3)cc1)[C@@H]2CO. The van der Waals surface area contributed by atoms with Gasteiger partial charge in [0.15, 0.2) is 0 Å². The van der Waals surface area contributed by atoms with E-state index in [1.807, 2.05) is 12.1 Å².